The second-order valence-corrected chi connectivity index (χ2v) is 8.52. The normalized spacial score (nSPS) is 34.7. The molecule has 1 aromatic rings. The van der Waals surface area contributed by atoms with Gasteiger partial charge in [-0.3, -0.25) is 4.79 Å². The quantitative estimate of drug-likeness (QED) is 0.581. The summed E-state index contributed by atoms with van der Waals surface area (Å²) in [6.45, 7) is 9.55. The summed E-state index contributed by atoms with van der Waals surface area (Å²) in [6.07, 6.45) is 6.60. The first kappa shape index (κ1) is 20.2. The molecule has 5 unspecified atom stereocenters. The Bertz CT molecular complexity index is 718. The zero-order valence-corrected chi connectivity index (χ0v) is 17.1. The number of esters is 1. The lowest BCUT2D eigenvalue weighted by Crippen LogP contribution is -2.46. The van der Waals surface area contributed by atoms with Crippen molar-refractivity contribution < 1.29 is 23.8 Å². The van der Waals surface area contributed by atoms with Crippen LogP contribution in [0.25, 0.3) is 0 Å². The van der Waals surface area contributed by atoms with E-state index < -0.39 is 23.8 Å². The van der Waals surface area contributed by atoms with E-state index in [1.165, 1.54) is 12.5 Å². The molecular weight excluding hydrogens is 344 g/mol. The van der Waals surface area contributed by atoms with Gasteiger partial charge in [0.15, 0.2) is 6.10 Å². The molecule has 27 heavy (non-hydrogen) atoms. The van der Waals surface area contributed by atoms with Gasteiger partial charge in [0.05, 0.1) is 12.4 Å². The van der Waals surface area contributed by atoms with Gasteiger partial charge < -0.3 is 19.0 Å². The van der Waals surface area contributed by atoms with Gasteiger partial charge in [0.1, 0.15) is 17.5 Å². The number of rotatable bonds is 1. The van der Waals surface area contributed by atoms with Crippen molar-refractivity contribution in [2.45, 2.75) is 90.6 Å². The molecule has 2 aliphatic rings. The van der Waals surface area contributed by atoms with Gasteiger partial charge in [-0.25, -0.2) is 0 Å². The third-order valence-corrected chi connectivity index (χ3v) is 6.12. The van der Waals surface area contributed by atoms with Crippen LogP contribution in [-0.4, -0.2) is 28.9 Å². The second kappa shape index (κ2) is 7.80. The summed E-state index contributed by atoms with van der Waals surface area (Å²) in [4.78, 5) is 11.8. The van der Waals surface area contributed by atoms with E-state index in [0.717, 1.165) is 42.6 Å². The Balaban J connectivity index is 2.05. The lowest BCUT2D eigenvalue weighted by atomic mass is 9.86. The van der Waals surface area contributed by atoms with Crippen LogP contribution in [0.1, 0.15) is 76.4 Å². The minimum Gasteiger partial charge on any atom is -0.468 e. The fraction of sp³-hybridized carbons (Fsp3) is 0.682. The minimum atomic E-state index is -0.991. The van der Waals surface area contributed by atoms with Crippen LogP contribution in [0.4, 0.5) is 0 Å². The maximum Gasteiger partial charge on any atom is 0.303 e. The van der Waals surface area contributed by atoms with E-state index in [2.05, 4.69) is 19.9 Å². The summed E-state index contributed by atoms with van der Waals surface area (Å²) in [7, 11) is 0. The number of furan rings is 1. The Hall–Kier alpha value is -1.59. The molecule has 3 heterocycles. The number of ether oxygens (including phenoxy) is 2. The van der Waals surface area contributed by atoms with Crippen molar-refractivity contribution in [2.24, 2.45) is 5.92 Å². The molecule has 2 bridgehead atoms. The molecule has 0 saturated carbocycles. The predicted molar refractivity (Wildman–Crippen MR) is 102 cm³/mol. The summed E-state index contributed by atoms with van der Waals surface area (Å²) in [5.74, 6) is 0.726. The topological polar surface area (TPSA) is 68.9 Å². The molecule has 1 saturated heterocycles. The highest BCUT2D eigenvalue weighted by Crippen LogP contribution is 2.43. The fourth-order valence-electron chi connectivity index (χ4n) is 4.50. The highest BCUT2D eigenvalue weighted by Gasteiger charge is 2.50. The number of hydrogen-bond donors (Lipinski definition) is 1. The number of aliphatic hydroxyl groups is 1. The van der Waals surface area contributed by atoms with E-state index in [1.54, 1.807) is 6.26 Å². The Labute approximate surface area is 161 Å². The summed E-state index contributed by atoms with van der Waals surface area (Å²) < 4.78 is 17.8. The van der Waals surface area contributed by atoms with E-state index >= 15 is 0 Å². The standard InChI is InChI=1S/C22H32O5/c1-13-7-6-8-14(2)17-9-10-22(5,27-17)21(26-16(4)23)20(24)19-15(3)12-25-18(19)11-13/h7,12,14,17,20-21,24H,6,8-11H2,1-5H3. The van der Waals surface area contributed by atoms with Crippen molar-refractivity contribution in [3.8, 4) is 0 Å². The predicted octanol–water partition coefficient (Wildman–Crippen LogP) is 4.41. The maximum absolute atomic E-state index is 11.8. The Kier molecular flexibility index (Phi) is 5.82. The number of aliphatic hydroxyl groups excluding tert-OH is 1. The smallest absolute Gasteiger partial charge is 0.303 e. The molecule has 150 valence electrons. The van der Waals surface area contributed by atoms with E-state index in [1.807, 2.05) is 13.8 Å². The molecule has 1 fully saturated rings. The first-order chi connectivity index (χ1) is 12.7. The number of carbonyl (C=O) groups is 1. The molecule has 1 aromatic heterocycles. The molecule has 0 radical (unpaired) electrons. The van der Waals surface area contributed by atoms with E-state index in [9.17, 15) is 9.90 Å². The average molecular weight is 376 g/mol. The van der Waals surface area contributed by atoms with E-state index in [4.69, 9.17) is 13.9 Å². The van der Waals surface area contributed by atoms with Crippen LogP contribution in [-0.2, 0) is 20.7 Å². The Morgan fingerprint density at radius 3 is 2.78 bits per heavy atom. The van der Waals surface area contributed by atoms with E-state index in [0.29, 0.717) is 12.3 Å². The number of fused-ring (bicyclic) bond motifs is 3. The van der Waals surface area contributed by atoms with Gasteiger partial charge in [-0.05, 0) is 57.9 Å². The van der Waals surface area contributed by atoms with Crippen LogP contribution < -0.4 is 0 Å². The van der Waals surface area contributed by atoms with Crippen molar-refractivity contribution in [2.75, 3.05) is 0 Å². The highest BCUT2D eigenvalue weighted by atomic mass is 16.6. The van der Waals surface area contributed by atoms with Crippen LogP contribution in [0, 0.1) is 12.8 Å². The largest absolute Gasteiger partial charge is 0.468 e. The molecule has 5 nitrogen and oxygen atoms in total. The van der Waals surface area contributed by atoms with Crippen LogP contribution in [0.3, 0.4) is 0 Å². The van der Waals surface area contributed by atoms with Gasteiger partial charge in [0.2, 0.25) is 0 Å². The molecule has 0 aromatic carbocycles. The maximum atomic E-state index is 11.8. The molecule has 5 atom stereocenters. The molecule has 5 heteroatoms. The number of carbonyl (C=O) groups excluding carboxylic acids is 1. The number of allylic oxidation sites excluding steroid dienone is 2. The summed E-state index contributed by atoms with van der Waals surface area (Å²) >= 11 is 0. The van der Waals surface area contributed by atoms with Crippen LogP contribution >= 0.6 is 0 Å². The number of aryl methyl sites for hydroxylation is 1. The highest BCUT2D eigenvalue weighted by molar-refractivity contribution is 5.66. The molecule has 3 rings (SSSR count). The Morgan fingerprint density at radius 1 is 1.33 bits per heavy atom. The summed E-state index contributed by atoms with van der Waals surface area (Å²) in [6, 6.07) is 0. The molecule has 2 aliphatic heterocycles. The lowest BCUT2D eigenvalue weighted by Gasteiger charge is -2.37. The summed E-state index contributed by atoms with van der Waals surface area (Å²) in [5.41, 5.74) is 2.07. The third kappa shape index (κ3) is 4.14. The van der Waals surface area contributed by atoms with Crippen molar-refractivity contribution in [1.29, 1.82) is 0 Å². The minimum absolute atomic E-state index is 0.111. The fourth-order valence-corrected chi connectivity index (χ4v) is 4.50. The van der Waals surface area contributed by atoms with Gasteiger partial charge in [-0.15, -0.1) is 0 Å². The van der Waals surface area contributed by atoms with Crippen molar-refractivity contribution in [3.63, 3.8) is 0 Å². The SMILES string of the molecule is CC(=O)OC1C(O)c2c(C)coc2CC(C)=CCCC(C)C2CCC1(C)O2. The lowest BCUT2D eigenvalue weighted by molar-refractivity contribution is -0.188. The number of hydrogen-bond acceptors (Lipinski definition) is 5. The van der Waals surface area contributed by atoms with E-state index in [-0.39, 0.29) is 6.10 Å². The average Bonchev–Trinajstić information content (AvgIpc) is 3.15. The van der Waals surface area contributed by atoms with Crippen molar-refractivity contribution in [3.05, 3.63) is 34.8 Å². The molecule has 0 spiro atoms. The van der Waals surface area contributed by atoms with Gasteiger partial charge in [0.25, 0.3) is 0 Å². The first-order valence-electron chi connectivity index (χ1n) is 9.97. The third-order valence-electron chi connectivity index (χ3n) is 6.12. The van der Waals surface area contributed by atoms with Gasteiger partial charge in [-0.1, -0.05) is 18.6 Å². The van der Waals surface area contributed by atoms with Crippen molar-refractivity contribution >= 4 is 5.97 Å². The molecule has 0 aliphatic carbocycles. The van der Waals surface area contributed by atoms with Crippen LogP contribution in [0.5, 0.6) is 0 Å². The second-order valence-electron chi connectivity index (χ2n) is 8.52. The van der Waals surface area contributed by atoms with Crippen LogP contribution in [0.2, 0.25) is 0 Å². The zero-order valence-electron chi connectivity index (χ0n) is 17.1. The Morgan fingerprint density at radius 2 is 2.07 bits per heavy atom. The van der Waals surface area contributed by atoms with Gasteiger partial charge in [0, 0.05) is 18.9 Å². The molecule has 1 N–H and O–H groups in total. The van der Waals surface area contributed by atoms with Gasteiger partial charge >= 0.3 is 5.97 Å². The zero-order chi connectivity index (χ0) is 19.8. The molecule has 0 amide bonds. The van der Waals surface area contributed by atoms with Gasteiger partial charge in [-0.2, -0.15) is 0 Å². The molecular formula is C22H32O5. The van der Waals surface area contributed by atoms with Crippen molar-refractivity contribution in [1.82, 2.24) is 0 Å². The summed E-state index contributed by atoms with van der Waals surface area (Å²) in [5, 5.41) is 11.3. The van der Waals surface area contributed by atoms with Crippen LogP contribution in [0.15, 0.2) is 22.3 Å². The first-order valence-corrected chi connectivity index (χ1v) is 9.97. The monoisotopic (exact) mass is 376 g/mol.